The van der Waals surface area contributed by atoms with Crippen molar-refractivity contribution in [3.05, 3.63) is 83.8 Å². The van der Waals surface area contributed by atoms with Gasteiger partial charge in [-0.3, -0.25) is 0 Å². The number of halogens is 1. The zero-order chi connectivity index (χ0) is 24.0. The molecule has 5 nitrogen and oxygen atoms in total. The van der Waals surface area contributed by atoms with Crippen molar-refractivity contribution in [2.24, 2.45) is 0 Å². The van der Waals surface area contributed by atoms with Crippen LogP contribution in [0.2, 0.25) is 0 Å². The van der Waals surface area contributed by atoms with E-state index in [2.05, 4.69) is 4.98 Å². The second-order valence-electron chi connectivity index (χ2n) is 8.91. The molecule has 0 saturated heterocycles. The Morgan fingerprint density at radius 2 is 1.52 bits per heavy atom. The summed E-state index contributed by atoms with van der Waals surface area (Å²) in [5.41, 5.74) is 1.95. The number of benzene rings is 3. The molecule has 7 heteroatoms. The van der Waals surface area contributed by atoms with Crippen LogP contribution in [0, 0.1) is 12.7 Å². The summed E-state index contributed by atoms with van der Waals surface area (Å²) in [6.07, 6.45) is 0. The van der Waals surface area contributed by atoms with Crippen LogP contribution in [0.1, 0.15) is 36.8 Å². The number of carbonyl (C=O) groups is 1. The van der Waals surface area contributed by atoms with E-state index >= 15 is 0 Å². The maximum absolute atomic E-state index is 13.6. The Morgan fingerprint density at radius 1 is 0.909 bits per heavy atom. The summed E-state index contributed by atoms with van der Waals surface area (Å²) in [4.78, 5) is 15.9. The molecule has 33 heavy (non-hydrogen) atoms. The van der Waals surface area contributed by atoms with Crippen LogP contribution < -0.4 is 0 Å². The second-order valence-corrected chi connectivity index (χ2v) is 10.8. The zero-order valence-corrected chi connectivity index (χ0v) is 19.6. The maximum Gasteiger partial charge on any atom is 0.356 e. The van der Waals surface area contributed by atoms with Crippen LogP contribution in [0.25, 0.3) is 22.0 Å². The van der Waals surface area contributed by atoms with Crippen LogP contribution in [-0.4, -0.2) is 25.0 Å². The van der Waals surface area contributed by atoms with Crippen LogP contribution in [0.5, 0.6) is 0 Å². The number of carbonyl (C=O) groups excluding carboxylic acids is 1. The van der Waals surface area contributed by atoms with Gasteiger partial charge in [0.2, 0.25) is 9.84 Å². The van der Waals surface area contributed by atoms with Crippen molar-refractivity contribution in [1.29, 1.82) is 0 Å². The number of hydrogen-bond donors (Lipinski definition) is 1. The summed E-state index contributed by atoms with van der Waals surface area (Å²) < 4.78 is 46.1. The minimum atomic E-state index is -4.04. The smallest absolute Gasteiger partial charge is 0.356 e. The molecule has 4 aromatic rings. The second kappa shape index (κ2) is 8.15. The molecule has 3 aromatic carbocycles. The van der Waals surface area contributed by atoms with Crippen LogP contribution in [0.4, 0.5) is 4.39 Å². The summed E-state index contributed by atoms with van der Waals surface area (Å²) >= 11 is 0. The molecule has 170 valence electrons. The highest BCUT2D eigenvalue weighted by Gasteiger charge is 2.32. The number of hydrogen-bond acceptors (Lipinski definition) is 4. The van der Waals surface area contributed by atoms with E-state index in [1.54, 1.807) is 63.2 Å². The number of nitrogens with one attached hydrogen (secondary N) is 1. The lowest BCUT2D eigenvalue weighted by atomic mass is 10.0. The fraction of sp³-hybridized carbons (Fsp3) is 0.192. The van der Waals surface area contributed by atoms with Gasteiger partial charge >= 0.3 is 5.97 Å². The number of ether oxygens (including phenoxy) is 1. The average Bonchev–Trinajstić information content (AvgIpc) is 3.13. The standard InChI is InChI=1S/C26H24FNO4S/c1-16-5-12-20(13-6-16)33(30,31)24-21-14-9-18(17-7-10-19(27)11-8-17)15-22(21)28-23(24)25(29)32-26(2,3)4/h5-15,28H,1-4H3. The average molecular weight is 466 g/mol. The van der Waals surface area contributed by atoms with E-state index in [1.165, 1.54) is 24.3 Å². The molecule has 0 atom stereocenters. The number of sulfone groups is 1. The van der Waals surface area contributed by atoms with Gasteiger partial charge in [-0.25, -0.2) is 17.6 Å². The Hall–Kier alpha value is -3.45. The molecule has 0 amide bonds. The minimum Gasteiger partial charge on any atom is -0.455 e. The molecule has 0 aliphatic carbocycles. The number of aryl methyl sites for hydroxylation is 1. The molecule has 1 heterocycles. The van der Waals surface area contributed by atoms with Crippen molar-refractivity contribution in [3.63, 3.8) is 0 Å². The molecule has 0 fully saturated rings. The molecular weight excluding hydrogens is 441 g/mol. The van der Waals surface area contributed by atoms with Gasteiger partial charge in [-0.2, -0.15) is 0 Å². The summed E-state index contributed by atoms with van der Waals surface area (Å²) in [5, 5.41) is 0.377. The Labute approximate surface area is 192 Å². The fourth-order valence-corrected chi connectivity index (χ4v) is 5.18. The number of fused-ring (bicyclic) bond motifs is 1. The zero-order valence-electron chi connectivity index (χ0n) is 18.8. The summed E-state index contributed by atoms with van der Waals surface area (Å²) in [5.74, 6) is -1.11. The fourth-order valence-electron chi connectivity index (χ4n) is 3.58. The molecule has 1 N–H and O–H groups in total. The highest BCUT2D eigenvalue weighted by Crippen LogP contribution is 2.35. The lowest BCUT2D eigenvalue weighted by Crippen LogP contribution is -2.25. The van der Waals surface area contributed by atoms with Crippen LogP contribution in [-0.2, 0) is 14.6 Å². The number of aromatic nitrogens is 1. The van der Waals surface area contributed by atoms with Gasteiger partial charge in [-0.15, -0.1) is 0 Å². The molecule has 0 radical (unpaired) electrons. The van der Waals surface area contributed by atoms with E-state index in [0.29, 0.717) is 10.9 Å². The van der Waals surface area contributed by atoms with Gasteiger partial charge in [-0.1, -0.05) is 42.0 Å². The first-order valence-corrected chi connectivity index (χ1v) is 11.9. The van der Waals surface area contributed by atoms with Crippen LogP contribution >= 0.6 is 0 Å². The van der Waals surface area contributed by atoms with Gasteiger partial charge < -0.3 is 9.72 Å². The Morgan fingerprint density at radius 3 is 2.12 bits per heavy atom. The minimum absolute atomic E-state index is 0.0846. The van der Waals surface area contributed by atoms with Gasteiger partial charge in [0.1, 0.15) is 22.0 Å². The Balaban J connectivity index is 1.94. The molecule has 0 aliphatic heterocycles. The molecular formula is C26H24FNO4S. The summed E-state index contributed by atoms with van der Waals surface area (Å²) in [6.45, 7) is 7.02. The molecule has 4 rings (SSSR count). The predicted octanol–water partition coefficient (Wildman–Crippen LogP) is 6.07. The Bertz CT molecular complexity index is 1450. The lowest BCUT2D eigenvalue weighted by molar-refractivity contribution is 0.00594. The molecule has 0 bridgehead atoms. The van der Waals surface area contributed by atoms with Crippen LogP contribution in [0.15, 0.2) is 76.5 Å². The van der Waals surface area contributed by atoms with Crippen molar-refractivity contribution < 1.29 is 22.3 Å². The first-order valence-electron chi connectivity index (χ1n) is 10.4. The normalized spacial score (nSPS) is 12.2. The van der Waals surface area contributed by atoms with E-state index in [-0.39, 0.29) is 21.3 Å². The van der Waals surface area contributed by atoms with E-state index < -0.39 is 21.4 Å². The summed E-state index contributed by atoms with van der Waals surface area (Å²) in [7, 11) is -4.04. The molecule has 1 aromatic heterocycles. The summed E-state index contributed by atoms with van der Waals surface area (Å²) in [6, 6.07) is 17.6. The highest BCUT2D eigenvalue weighted by atomic mass is 32.2. The molecule has 0 aliphatic rings. The maximum atomic E-state index is 13.6. The van der Waals surface area contributed by atoms with Gasteiger partial charge in [-0.05, 0) is 69.2 Å². The first kappa shape index (κ1) is 22.7. The van der Waals surface area contributed by atoms with Gasteiger partial charge in [0, 0.05) is 10.9 Å². The molecule has 0 saturated carbocycles. The van der Waals surface area contributed by atoms with Crippen molar-refractivity contribution in [3.8, 4) is 11.1 Å². The quantitative estimate of drug-likeness (QED) is 0.371. The van der Waals surface area contributed by atoms with E-state index in [4.69, 9.17) is 4.74 Å². The van der Waals surface area contributed by atoms with Crippen molar-refractivity contribution >= 4 is 26.7 Å². The van der Waals surface area contributed by atoms with E-state index in [1.807, 2.05) is 6.92 Å². The monoisotopic (exact) mass is 465 g/mol. The molecule has 0 spiro atoms. The SMILES string of the molecule is Cc1ccc(S(=O)(=O)c2c(C(=O)OC(C)(C)C)[nH]c3cc(-c4ccc(F)cc4)ccc23)cc1. The third-order valence-electron chi connectivity index (χ3n) is 5.13. The lowest BCUT2D eigenvalue weighted by Gasteiger charge is -2.19. The Kier molecular flexibility index (Phi) is 5.62. The van der Waals surface area contributed by atoms with Crippen molar-refractivity contribution in [1.82, 2.24) is 4.98 Å². The van der Waals surface area contributed by atoms with Gasteiger partial charge in [0.05, 0.1) is 4.90 Å². The first-order chi connectivity index (χ1) is 15.5. The number of aromatic amines is 1. The van der Waals surface area contributed by atoms with Gasteiger partial charge in [0.25, 0.3) is 0 Å². The predicted molar refractivity (Wildman–Crippen MR) is 125 cm³/mol. The third kappa shape index (κ3) is 4.54. The number of esters is 1. The van der Waals surface area contributed by atoms with Gasteiger partial charge in [0.15, 0.2) is 0 Å². The number of H-pyrrole nitrogens is 1. The highest BCUT2D eigenvalue weighted by molar-refractivity contribution is 7.91. The van der Waals surface area contributed by atoms with E-state index in [9.17, 15) is 17.6 Å². The largest absolute Gasteiger partial charge is 0.455 e. The van der Waals surface area contributed by atoms with Crippen LogP contribution in [0.3, 0.4) is 0 Å². The van der Waals surface area contributed by atoms with Crippen molar-refractivity contribution in [2.45, 2.75) is 43.1 Å². The third-order valence-corrected chi connectivity index (χ3v) is 6.99. The van der Waals surface area contributed by atoms with E-state index in [0.717, 1.165) is 16.7 Å². The van der Waals surface area contributed by atoms with Crippen molar-refractivity contribution in [2.75, 3.05) is 0 Å². The molecule has 0 unspecified atom stereocenters. The number of rotatable bonds is 4. The topological polar surface area (TPSA) is 76.2 Å².